The van der Waals surface area contributed by atoms with Gasteiger partial charge in [-0.15, -0.1) is 5.11 Å². The normalized spacial score (nSPS) is 22.7. The van der Waals surface area contributed by atoms with E-state index >= 15 is 0 Å². The molecule has 2 atom stereocenters. The molecule has 2 aromatic rings. The average molecular weight is 391 g/mol. The lowest BCUT2D eigenvalue weighted by atomic mass is 9.90. The summed E-state index contributed by atoms with van der Waals surface area (Å²) in [5.41, 5.74) is 10.1. The zero-order valence-electron chi connectivity index (χ0n) is 16.6. The van der Waals surface area contributed by atoms with Crippen molar-refractivity contribution in [3.63, 3.8) is 0 Å². The fourth-order valence-electron chi connectivity index (χ4n) is 4.33. The van der Waals surface area contributed by atoms with Gasteiger partial charge < -0.3 is 25.6 Å². The Morgan fingerprint density at radius 1 is 1.24 bits per heavy atom. The van der Waals surface area contributed by atoms with E-state index in [1.807, 2.05) is 45.0 Å². The number of azo groups is 1. The number of ketones is 1. The molecule has 0 saturated carbocycles. The number of aromatic nitrogens is 2. The topological polar surface area (TPSA) is 123 Å². The maximum absolute atomic E-state index is 13.2. The Labute approximate surface area is 166 Å². The first-order chi connectivity index (χ1) is 13.8. The Kier molecular flexibility index (Phi) is 3.51. The number of nitrogens with zero attached hydrogens (tertiary/aromatic N) is 5. The molecule has 0 radical (unpaired) electrons. The predicted octanol–water partition coefficient (Wildman–Crippen LogP) is 0.252. The van der Waals surface area contributed by atoms with E-state index in [1.54, 1.807) is 11.0 Å². The number of nitrogens with one attached hydrogen (secondary N) is 1. The molecule has 1 saturated heterocycles. The third-order valence-corrected chi connectivity index (χ3v) is 5.69. The van der Waals surface area contributed by atoms with Crippen LogP contribution in [0.4, 0.5) is 5.69 Å². The molecule has 9 heteroatoms. The summed E-state index contributed by atoms with van der Waals surface area (Å²) in [7, 11) is 1.86. The summed E-state index contributed by atoms with van der Waals surface area (Å²) in [5, 5.41) is 20.4. The Balaban J connectivity index is 1.94. The van der Waals surface area contributed by atoms with Crippen molar-refractivity contribution in [2.24, 2.45) is 16.0 Å². The number of imidazole rings is 1. The molecule has 1 aromatic carbocycles. The summed E-state index contributed by atoms with van der Waals surface area (Å²) in [5.74, 6) is 1.23. The standard InChI is InChI=1S/C20H21N7O2/c1-8-5-6-12(28)9(2)16(8)27-17-13-15(18(29)19(27)21)24-25-20(13)26(4)7-11-14(17)23-10(3)22-11/h5-7,15,19,28H,21H2,1-4H3,(H,22,23). The molecule has 2 unspecified atom stereocenters. The number of benzene rings is 1. The highest BCUT2D eigenvalue weighted by Crippen LogP contribution is 2.43. The van der Waals surface area contributed by atoms with E-state index in [-0.39, 0.29) is 11.5 Å². The number of phenolic OH excluding ortho intramolecular Hbond substituents is 1. The van der Waals surface area contributed by atoms with Crippen molar-refractivity contribution < 1.29 is 9.90 Å². The van der Waals surface area contributed by atoms with Gasteiger partial charge in [0.1, 0.15) is 23.1 Å². The number of H-pyrrole nitrogens is 1. The zero-order chi connectivity index (χ0) is 20.6. The van der Waals surface area contributed by atoms with Crippen LogP contribution in [0.3, 0.4) is 0 Å². The fourth-order valence-corrected chi connectivity index (χ4v) is 4.33. The van der Waals surface area contributed by atoms with E-state index in [9.17, 15) is 9.90 Å². The predicted molar refractivity (Wildman–Crippen MR) is 107 cm³/mol. The minimum atomic E-state index is -0.982. The number of aromatic hydroxyl groups is 1. The molecular weight excluding hydrogens is 370 g/mol. The number of anilines is 1. The van der Waals surface area contributed by atoms with E-state index in [0.717, 1.165) is 16.7 Å². The number of rotatable bonds is 1. The minimum absolute atomic E-state index is 0.138. The molecule has 0 bridgehead atoms. The van der Waals surface area contributed by atoms with Gasteiger partial charge >= 0.3 is 0 Å². The average Bonchev–Trinajstić information content (AvgIpc) is 3.24. The van der Waals surface area contributed by atoms with Gasteiger partial charge in [-0.2, -0.15) is 5.11 Å². The molecule has 9 nitrogen and oxygen atoms in total. The maximum atomic E-state index is 13.2. The zero-order valence-corrected chi connectivity index (χ0v) is 16.6. The first-order valence-corrected chi connectivity index (χ1v) is 9.34. The van der Waals surface area contributed by atoms with Crippen molar-refractivity contribution in [3.8, 4) is 5.75 Å². The third kappa shape index (κ3) is 2.24. The van der Waals surface area contributed by atoms with Crippen molar-refractivity contribution in [1.82, 2.24) is 14.9 Å². The van der Waals surface area contributed by atoms with E-state index in [0.29, 0.717) is 33.7 Å². The molecule has 4 heterocycles. The fraction of sp³-hybridized carbons (Fsp3) is 0.300. The number of aromatic amines is 1. The van der Waals surface area contributed by atoms with Crippen molar-refractivity contribution >= 4 is 23.4 Å². The minimum Gasteiger partial charge on any atom is -0.508 e. The summed E-state index contributed by atoms with van der Waals surface area (Å²) in [6, 6.07) is 2.69. The van der Waals surface area contributed by atoms with Crippen LogP contribution < -0.4 is 21.3 Å². The molecule has 4 N–H and O–H groups in total. The maximum Gasteiger partial charge on any atom is 0.201 e. The van der Waals surface area contributed by atoms with Crippen molar-refractivity contribution in [2.45, 2.75) is 33.0 Å². The summed E-state index contributed by atoms with van der Waals surface area (Å²) < 4.78 is 0. The number of aryl methyl sites for hydroxylation is 2. The molecule has 0 aliphatic carbocycles. The molecule has 29 heavy (non-hydrogen) atoms. The lowest BCUT2D eigenvalue weighted by Crippen LogP contribution is -2.58. The van der Waals surface area contributed by atoms with Crippen LogP contribution in [0.25, 0.3) is 11.9 Å². The van der Waals surface area contributed by atoms with Crippen LogP contribution in [0.15, 0.2) is 33.8 Å². The second kappa shape index (κ2) is 5.77. The summed E-state index contributed by atoms with van der Waals surface area (Å²) in [6.45, 7) is 5.62. The van der Waals surface area contributed by atoms with Crippen LogP contribution in [0, 0.1) is 20.8 Å². The van der Waals surface area contributed by atoms with Crippen LogP contribution in [0.1, 0.15) is 17.0 Å². The van der Waals surface area contributed by atoms with Gasteiger partial charge in [0.25, 0.3) is 0 Å². The molecule has 0 amide bonds. The molecule has 3 aliphatic rings. The highest BCUT2D eigenvalue weighted by molar-refractivity contribution is 6.06. The number of hydrogen-bond acceptors (Lipinski definition) is 8. The van der Waals surface area contributed by atoms with E-state index in [2.05, 4.69) is 15.2 Å². The highest BCUT2D eigenvalue weighted by atomic mass is 16.3. The van der Waals surface area contributed by atoms with Crippen molar-refractivity contribution in [1.29, 1.82) is 0 Å². The van der Waals surface area contributed by atoms with Gasteiger partial charge in [-0.25, -0.2) is 4.98 Å². The first-order valence-electron chi connectivity index (χ1n) is 9.34. The lowest BCUT2D eigenvalue weighted by Gasteiger charge is -2.39. The lowest BCUT2D eigenvalue weighted by molar-refractivity contribution is -0.120. The summed E-state index contributed by atoms with van der Waals surface area (Å²) in [6.07, 6.45) is 0.908. The number of nitrogens with two attached hydrogens (primary N) is 1. The molecular formula is C20H21N7O2. The molecule has 1 aromatic heterocycles. The molecule has 5 rings (SSSR count). The monoisotopic (exact) mass is 391 g/mol. The SMILES string of the molecule is Cc1nc2c([nH]1)=CN(C)C1=C3C=2N(c2c(C)ccc(O)c2C)C(N)C(=O)C3N=N1. The van der Waals surface area contributed by atoms with Crippen LogP contribution in [0.2, 0.25) is 0 Å². The summed E-state index contributed by atoms with van der Waals surface area (Å²) >= 11 is 0. The number of carbonyl (C=O) groups excluding carboxylic acids is 1. The second-order valence-electron chi connectivity index (χ2n) is 7.62. The van der Waals surface area contributed by atoms with E-state index < -0.39 is 12.2 Å². The number of piperidine rings is 1. The second-order valence-corrected chi connectivity index (χ2v) is 7.62. The van der Waals surface area contributed by atoms with E-state index in [4.69, 9.17) is 10.7 Å². The van der Waals surface area contributed by atoms with Crippen LogP contribution in [0.5, 0.6) is 5.75 Å². The third-order valence-electron chi connectivity index (χ3n) is 5.69. The number of hydrogen-bond donors (Lipinski definition) is 3. The highest BCUT2D eigenvalue weighted by Gasteiger charge is 2.48. The smallest absolute Gasteiger partial charge is 0.201 e. The first kappa shape index (κ1) is 17.6. The quantitative estimate of drug-likeness (QED) is 0.640. The van der Waals surface area contributed by atoms with E-state index in [1.165, 1.54) is 0 Å². The van der Waals surface area contributed by atoms with Gasteiger partial charge in [0, 0.05) is 18.8 Å². The van der Waals surface area contributed by atoms with Gasteiger partial charge in [0.2, 0.25) is 5.78 Å². The number of Topliss-reactive ketones (excluding diaryl/α,β-unsaturated/α-hetero) is 1. The van der Waals surface area contributed by atoms with Gasteiger partial charge in [-0.1, -0.05) is 6.07 Å². The molecule has 148 valence electrons. The Morgan fingerprint density at radius 2 is 2.00 bits per heavy atom. The van der Waals surface area contributed by atoms with Crippen LogP contribution >= 0.6 is 0 Å². The Bertz CT molecular complexity index is 1270. The number of phenols is 1. The number of carbonyl (C=O) groups is 1. The van der Waals surface area contributed by atoms with Gasteiger partial charge in [0.05, 0.1) is 22.3 Å². The summed E-state index contributed by atoms with van der Waals surface area (Å²) in [4.78, 5) is 24.8. The molecule has 3 aliphatic heterocycles. The van der Waals surface area contributed by atoms with Crippen molar-refractivity contribution in [3.05, 3.63) is 51.2 Å². The van der Waals surface area contributed by atoms with Gasteiger partial charge in [0.15, 0.2) is 11.9 Å². The van der Waals surface area contributed by atoms with Gasteiger partial charge in [-0.3, -0.25) is 4.79 Å². The van der Waals surface area contributed by atoms with Gasteiger partial charge in [-0.05, 0) is 32.4 Å². The van der Waals surface area contributed by atoms with Crippen LogP contribution in [-0.2, 0) is 4.79 Å². The molecule has 0 spiro atoms. The number of fused-ring (bicyclic) bond motifs is 1. The van der Waals surface area contributed by atoms with Crippen molar-refractivity contribution in [2.75, 3.05) is 11.9 Å². The Hall–Kier alpha value is -3.46. The Morgan fingerprint density at radius 3 is 2.76 bits per heavy atom. The molecule has 1 fully saturated rings. The largest absolute Gasteiger partial charge is 0.508 e. The van der Waals surface area contributed by atoms with Crippen LogP contribution in [-0.4, -0.2) is 45.0 Å².